The summed E-state index contributed by atoms with van der Waals surface area (Å²) in [5, 5.41) is 35.1. The van der Waals surface area contributed by atoms with Gasteiger partial charge >= 0.3 is 5.97 Å². The first-order chi connectivity index (χ1) is 27.8. The van der Waals surface area contributed by atoms with Gasteiger partial charge in [-0.05, 0) is 56.6 Å². The number of carboxylic acids is 1. The molecule has 2 rings (SSSR count). The molecule has 1 heterocycles. The van der Waals surface area contributed by atoms with E-state index in [1.54, 1.807) is 30.3 Å². The third kappa shape index (κ3) is 17.9. The molecule has 0 aliphatic rings. The molecule has 0 saturated heterocycles. The van der Waals surface area contributed by atoms with E-state index in [9.17, 15) is 48.6 Å². The molecule has 0 aliphatic carbocycles. The maximum atomic E-state index is 13.6. The van der Waals surface area contributed by atoms with Crippen LogP contribution in [0.15, 0.2) is 42.9 Å². The van der Waals surface area contributed by atoms with Crippen LogP contribution in [0.25, 0.3) is 0 Å². The first-order valence-electron chi connectivity index (χ1n) is 19.1. The van der Waals surface area contributed by atoms with Crippen LogP contribution in [-0.2, 0) is 51.2 Å². The highest BCUT2D eigenvalue weighted by Crippen LogP contribution is 2.10. The van der Waals surface area contributed by atoms with Crippen molar-refractivity contribution in [3.63, 3.8) is 0 Å². The number of thioether (sulfide) groups is 1. The molecule has 0 radical (unpaired) electrons. The number of aromatic amines is 1. The van der Waals surface area contributed by atoms with Crippen molar-refractivity contribution < 1.29 is 48.6 Å². The number of nitrogens with zero attached hydrogens (tertiary/aromatic N) is 1. The van der Waals surface area contributed by atoms with Crippen LogP contribution in [0.2, 0.25) is 0 Å². The molecule has 1 aromatic carbocycles. The molecule has 0 unspecified atom stereocenters. The Labute approximate surface area is 346 Å². The largest absolute Gasteiger partial charge is 0.480 e. The van der Waals surface area contributed by atoms with Crippen molar-refractivity contribution in [2.45, 2.75) is 115 Å². The van der Waals surface area contributed by atoms with E-state index in [0.717, 1.165) is 0 Å². The number of carbonyl (C=O) groups excluding carboxylic acids is 7. The van der Waals surface area contributed by atoms with Gasteiger partial charge in [0.2, 0.25) is 41.4 Å². The lowest BCUT2D eigenvalue weighted by Gasteiger charge is -2.27. The molecule has 7 amide bonds. The summed E-state index contributed by atoms with van der Waals surface area (Å²) in [5.41, 5.74) is 12.6. The normalized spacial score (nSPS) is 15.2. The van der Waals surface area contributed by atoms with Gasteiger partial charge in [0.15, 0.2) is 0 Å². The smallest absolute Gasteiger partial charge is 0.326 e. The van der Waals surface area contributed by atoms with E-state index in [4.69, 9.17) is 11.5 Å². The number of carbonyl (C=O) groups is 8. The molecule has 21 heteroatoms. The van der Waals surface area contributed by atoms with Crippen LogP contribution in [0.1, 0.15) is 64.6 Å². The highest BCUT2D eigenvalue weighted by molar-refractivity contribution is 7.98. The molecule has 0 fully saturated rings. The van der Waals surface area contributed by atoms with Gasteiger partial charge in [0.05, 0.1) is 18.5 Å². The van der Waals surface area contributed by atoms with Gasteiger partial charge in [-0.1, -0.05) is 44.2 Å². The average Bonchev–Trinajstić information content (AvgIpc) is 3.69. The topological polar surface area (TPSA) is 330 Å². The van der Waals surface area contributed by atoms with E-state index < -0.39 is 95.7 Å². The van der Waals surface area contributed by atoms with Gasteiger partial charge in [0.25, 0.3) is 0 Å². The van der Waals surface area contributed by atoms with Crippen LogP contribution in [0.3, 0.4) is 0 Å². The lowest BCUT2D eigenvalue weighted by Crippen LogP contribution is -2.61. The molecule has 20 nitrogen and oxygen atoms in total. The number of aliphatic carboxylic acids is 1. The maximum absolute atomic E-state index is 13.6. The molecule has 8 atom stereocenters. The summed E-state index contributed by atoms with van der Waals surface area (Å²) >= 11 is 1.45. The Morgan fingerprint density at radius 1 is 0.746 bits per heavy atom. The van der Waals surface area contributed by atoms with Crippen LogP contribution in [-0.4, -0.2) is 128 Å². The highest BCUT2D eigenvalue weighted by atomic mass is 32.2. The second kappa shape index (κ2) is 25.1. The van der Waals surface area contributed by atoms with Crippen molar-refractivity contribution in [1.82, 2.24) is 41.9 Å². The number of primary amides is 1. The summed E-state index contributed by atoms with van der Waals surface area (Å²) in [6.45, 7) is 6.14. The first kappa shape index (κ1) is 49.6. The zero-order chi connectivity index (χ0) is 44.2. The maximum Gasteiger partial charge on any atom is 0.326 e. The predicted molar refractivity (Wildman–Crippen MR) is 218 cm³/mol. The van der Waals surface area contributed by atoms with Crippen LogP contribution in [0.4, 0.5) is 0 Å². The monoisotopic (exact) mass is 846 g/mol. The van der Waals surface area contributed by atoms with Gasteiger partial charge in [0.1, 0.15) is 36.3 Å². The minimum atomic E-state index is -1.68. The Morgan fingerprint density at radius 2 is 1.32 bits per heavy atom. The molecule has 59 heavy (non-hydrogen) atoms. The lowest BCUT2D eigenvalue weighted by atomic mass is 10.0. The molecule has 1 aromatic heterocycles. The van der Waals surface area contributed by atoms with Gasteiger partial charge in [-0.15, -0.1) is 0 Å². The molecule has 0 spiro atoms. The number of carboxylic acid groups (broad SMARTS) is 1. The molecule has 0 saturated carbocycles. The Bertz CT molecular complexity index is 1710. The van der Waals surface area contributed by atoms with Crippen molar-refractivity contribution in [2.75, 3.05) is 12.0 Å². The summed E-state index contributed by atoms with van der Waals surface area (Å²) in [7, 11) is 0. The number of imidazole rings is 1. The number of H-pyrrole nitrogens is 1. The number of benzene rings is 1. The number of amides is 7. The van der Waals surface area contributed by atoms with E-state index in [2.05, 4.69) is 41.9 Å². The van der Waals surface area contributed by atoms with Gasteiger partial charge in [0, 0.05) is 31.2 Å². The van der Waals surface area contributed by atoms with Gasteiger partial charge in [-0.25, -0.2) is 9.78 Å². The summed E-state index contributed by atoms with van der Waals surface area (Å²) < 4.78 is 0. The molecule has 0 bridgehead atoms. The van der Waals surface area contributed by atoms with E-state index in [0.29, 0.717) is 17.0 Å². The molecule has 13 N–H and O–H groups in total. The number of nitrogens with one attached hydrogen (secondary N) is 7. The summed E-state index contributed by atoms with van der Waals surface area (Å²) in [6, 6.07) is -0.637. The van der Waals surface area contributed by atoms with Crippen molar-refractivity contribution in [2.24, 2.45) is 17.4 Å². The molecular formula is C38H58N10O10S. The van der Waals surface area contributed by atoms with E-state index in [-0.39, 0.29) is 44.4 Å². The van der Waals surface area contributed by atoms with Crippen molar-refractivity contribution in [1.29, 1.82) is 0 Å². The van der Waals surface area contributed by atoms with Gasteiger partial charge < -0.3 is 58.6 Å². The number of hydrogen-bond donors (Lipinski definition) is 11. The molecule has 326 valence electrons. The molecule has 2 aromatic rings. The van der Waals surface area contributed by atoms with Crippen LogP contribution in [0, 0.1) is 5.92 Å². The quantitative estimate of drug-likeness (QED) is 0.0488. The third-order valence-corrected chi connectivity index (χ3v) is 9.58. The third-order valence-electron chi connectivity index (χ3n) is 8.94. The Morgan fingerprint density at radius 3 is 1.88 bits per heavy atom. The van der Waals surface area contributed by atoms with Crippen LogP contribution >= 0.6 is 11.8 Å². The van der Waals surface area contributed by atoms with Crippen molar-refractivity contribution in [3.05, 3.63) is 54.1 Å². The van der Waals surface area contributed by atoms with E-state index in [1.165, 1.54) is 38.1 Å². The highest BCUT2D eigenvalue weighted by Gasteiger charge is 2.34. The Kier molecular flexibility index (Phi) is 21.1. The van der Waals surface area contributed by atoms with Crippen LogP contribution < -0.4 is 43.4 Å². The van der Waals surface area contributed by atoms with Crippen molar-refractivity contribution >= 4 is 59.1 Å². The number of aliphatic hydroxyl groups excluding tert-OH is 1. The second-order valence-electron chi connectivity index (χ2n) is 14.5. The number of hydrogen-bond acceptors (Lipinski definition) is 12. The number of aliphatic hydroxyl groups is 1. The first-order valence-corrected chi connectivity index (χ1v) is 20.5. The second-order valence-corrected chi connectivity index (χ2v) is 15.5. The number of aromatic nitrogens is 2. The number of rotatable bonds is 26. The van der Waals surface area contributed by atoms with Crippen molar-refractivity contribution in [3.8, 4) is 0 Å². The lowest BCUT2D eigenvalue weighted by molar-refractivity contribution is -0.143. The Balaban J connectivity index is 2.16. The van der Waals surface area contributed by atoms with E-state index >= 15 is 0 Å². The van der Waals surface area contributed by atoms with E-state index in [1.807, 2.05) is 20.1 Å². The fourth-order valence-electron chi connectivity index (χ4n) is 5.69. The zero-order valence-corrected chi connectivity index (χ0v) is 34.7. The minimum absolute atomic E-state index is 0.0951. The fourth-order valence-corrected chi connectivity index (χ4v) is 6.16. The standard InChI is InChI=1S/C38H58N10O10S/c1-20(2)15-28(46-34(53)27(13-14-59-5)45-33(52)25(39)17-24-18-41-19-42-24)36(55)43-21(3)32(51)44-26(11-12-30(40)50)35(54)48-31(22(4)49)37(56)47-29(38(57)58)16-23-9-7-6-8-10-23/h6-10,18-22,25-29,31,49H,11-17,39H2,1-5H3,(H2,40,50)(H,41,42)(H,43,55)(H,44,51)(H,45,52)(H,46,53)(H,47,56)(H,48,54)(H,57,58)/t21-,22+,25-,26-,27-,28-,29-,31-/m0/s1. The SMILES string of the molecule is CSCC[C@H](NC(=O)[C@@H](N)Cc1cnc[nH]1)C(=O)N[C@@H](CC(C)C)C(=O)N[C@@H](C)C(=O)N[C@@H](CCC(N)=O)C(=O)N[C@H](C(=O)N[C@@H](Cc1ccccc1)C(=O)O)[C@@H](C)O. The zero-order valence-electron chi connectivity index (χ0n) is 33.9. The molecule has 0 aliphatic heterocycles. The summed E-state index contributed by atoms with van der Waals surface area (Å²) in [6.07, 6.45) is 2.98. The summed E-state index contributed by atoms with van der Waals surface area (Å²) in [5.74, 6) is -6.68. The predicted octanol–water partition coefficient (Wildman–Crippen LogP) is -2.02. The van der Waals surface area contributed by atoms with Crippen LogP contribution in [0.5, 0.6) is 0 Å². The number of nitrogens with two attached hydrogens (primary N) is 2. The summed E-state index contributed by atoms with van der Waals surface area (Å²) in [4.78, 5) is 111. The van der Waals surface area contributed by atoms with Gasteiger partial charge in [-0.2, -0.15) is 11.8 Å². The minimum Gasteiger partial charge on any atom is -0.480 e. The molecular weight excluding hydrogens is 789 g/mol. The average molecular weight is 847 g/mol. The van der Waals surface area contributed by atoms with Gasteiger partial charge in [-0.3, -0.25) is 33.6 Å². The fraction of sp³-hybridized carbons (Fsp3) is 0.553. The Hall–Kier alpha value is -5.54.